The Morgan fingerprint density at radius 2 is 1.88 bits per heavy atom. The van der Waals surface area contributed by atoms with Gasteiger partial charge in [-0.25, -0.2) is 9.86 Å². The van der Waals surface area contributed by atoms with Crippen molar-refractivity contribution in [2.75, 3.05) is 13.1 Å². The quantitative estimate of drug-likeness (QED) is 0.550. The molecule has 0 aliphatic carbocycles. The van der Waals surface area contributed by atoms with Crippen LogP contribution in [-0.4, -0.2) is 35.3 Å². The first-order valence-electron chi connectivity index (χ1n) is 7.03. The van der Waals surface area contributed by atoms with Crippen molar-refractivity contribution in [1.29, 1.82) is 0 Å². The van der Waals surface area contributed by atoms with Crippen LogP contribution in [0.1, 0.15) is 10.4 Å². The molecule has 0 saturated heterocycles. The van der Waals surface area contributed by atoms with Crippen molar-refractivity contribution < 1.29 is 19.5 Å². The number of primary amides is 1. The highest BCUT2D eigenvalue weighted by Gasteiger charge is 2.09. The standard InChI is InChI=1S/C16H16ClN3O4/c17-12-4-6-13(7-5-12)24-14-3-1-2-11(10-14)15(21)19-8-9-20(23)16(18)22/h1-7,10,23H,8-9H2,(H2,18,22)(H,19,21). The molecule has 0 aliphatic heterocycles. The van der Waals surface area contributed by atoms with E-state index in [0.29, 0.717) is 27.1 Å². The number of nitrogens with two attached hydrogens (primary N) is 1. The molecule has 0 atom stereocenters. The number of hydrogen-bond acceptors (Lipinski definition) is 4. The number of hydrogen-bond donors (Lipinski definition) is 3. The third-order valence-electron chi connectivity index (χ3n) is 3.01. The number of carbonyl (C=O) groups is 2. The number of hydroxylamine groups is 2. The maximum absolute atomic E-state index is 12.0. The zero-order chi connectivity index (χ0) is 17.5. The Morgan fingerprint density at radius 1 is 1.17 bits per heavy atom. The monoisotopic (exact) mass is 349 g/mol. The van der Waals surface area contributed by atoms with Gasteiger partial charge in [0.15, 0.2) is 0 Å². The summed E-state index contributed by atoms with van der Waals surface area (Å²) in [7, 11) is 0. The van der Waals surface area contributed by atoms with E-state index in [9.17, 15) is 9.59 Å². The van der Waals surface area contributed by atoms with Crippen molar-refractivity contribution >= 4 is 23.5 Å². The molecular weight excluding hydrogens is 334 g/mol. The summed E-state index contributed by atoms with van der Waals surface area (Å²) in [4.78, 5) is 22.7. The molecule has 2 aromatic carbocycles. The number of carbonyl (C=O) groups excluding carboxylic acids is 2. The lowest BCUT2D eigenvalue weighted by atomic mass is 10.2. The van der Waals surface area contributed by atoms with E-state index >= 15 is 0 Å². The van der Waals surface area contributed by atoms with Crippen LogP contribution >= 0.6 is 11.6 Å². The van der Waals surface area contributed by atoms with Crippen LogP contribution in [0.2, 0.25) is 5.02 Å². The van der Waals surface area contributed by atoms with Gasteiger partial charge in [0.25, 0.3) is 5.91 Å². The topological polar surface area (TPSA) is 105 Å². The van der Waals surface area contributed by atoms with Crippen LogP contribution in [-0.2, 0) is 0 Å². The predicted octanol–water partition coefficient (Wildman–Crippen LogP) is 2.63. The molecule has 0 spiro atoms. The van der Waals surface area contributed by atoms with Gasteiger partial charge in [-0.3, -0.25) is 10.0 Å². The Labute approximate surface area is 143 Å². The summed E-state index contributed by atoms with van der Waals surface area (Å²) in [5, 5.41) is 12.6. The number of rotatable bonds is 6. The normalized spacial score (nSPS) is 10.1. The van der Waals surface area contributed by atoms with Crippen LogP contribution in [0.15, 0.2) is 48.5 Å². The van der Waals surface area contributed by atoms with Gasteiger partial charge in [0.05, 0.1) is 6.54 Å². The number of amides is 3. The minimum atomic E-state index is -0.984. The van der Waals surface area contributed by atoms with Crippen LogP contribution in [0, 0.1) is 0 Å². The molecule has 126 valence electrons. The van der Waals surface area contributed by atoms with Crippen molar-refractivity contribution in [2.45, 2.75) is 0 Å². The van der Waals surface area contributed by atoms with Crippen molar-refractivity contribution in [2.24, 2.45) is 5.73 Å². The van der Waals surface area contributed by atoms with Gasteiger partial charge >= 0.3 is 6.03 Å². The highest BCUT2D eigenvalue weighted by atomic mass is 35.5. The summed E-state index contributed by atoms with van der Waals surface area (Å²) >= 11 is 5.81. The second-order valence-corrected chi connectivity index (χ2v) is 5.24. The average Bonchev–Trinajstić information content (AvgIpc) is 2.57. The Bertz CT molecular complexity index is 722. The highest BCUT2D eigenvalue weighted by molar-refractivity contribution is 6.30. The van der Waals surface area contributed by atoms with Crippen molar-refractivity contribution in [3.05, 3.63) is 59.1 Å². The number of nitrogens with one attached hydrogen (secondary N) is 1. The summed E-state index contributed by atoms with van der Waals surface area (Å²) in [6.45, 7) is -0.0530. The van der Waals surface area contributed by atoms with Crippen molar-refractivity contribution in [3.8, 4) is 11.5 Å². The lowest BCUT2D eigenvalue weighted by Gasteiger charge is -2.12. The molecule has 0 radical (unpaired) electrons. The second-order valence-electron chi connectivity index (χ2n) is 4.80. The lowest BCUT2D eigenvalue weighted by molar-refractivity contribution is -0.0376. The number of nitrogens with zero attached hydrogens (tertiary/aromatic N) is 1. The maximum Gasteiger partial charge on any atom is 0.338 e. The van der Waals surface area contributed by atoms with Crippen LogP contribution in [0.3, 0.4) is 0 Å². The summed E-state index contributed by atoms with van der Waals surface area (Å²) in [5.41, 5.74) is 5.25. The third-order valence-corrected chi connectivity index (χ3v) is 3.26. The Balaban J connectivity index is 1.95. The molecule has 0 aromatic heterocycles. The van der Waals surface area contributed by atoms with Gasteiger partial charge in [-0.2, -0.15) is 0 Å². The molecule has 2 rings (SSSR count). The number of ether oxygens (including phenoxy) is 1. The number of halogens is 1. The van der Waals surface area contributed by atoms with Crippen LogP contribution in [0.5, 0.6) is 11.5 Å². The minimum absolute atomic E-state index is 0.0561. The number of benzene rings is 2. The van der Waals surface area contributed by atoms with Gasteiger partial charge in [-0.1, -0.05) is 17.7 Å². The maximum atomic E-state index is 12.0. The molecule has 3 amide bonds. The molecule has 2 aromatic rings. The lowest BCUT2D eigenvalue weighted by Crippen LogP contribution is -2.39. The van der Waals surface area contributed by atoms with Crippen LogP contribution < -0.4 is 15.8 Å². The van der Waals surface area contributed by atoms with E-state index in [1.165, 1.54) is 0 Å². The first-order chi connectivity index (χ1) is 11.5. The van der Waals surface area contributed by atoms with Gasteiger partial charge in [-0.15, -0.1) is 0 Å². The first kappa shape index (κ1) is 17.6. The van der Waals surface area contributed by atoms with Crippen molar-refractivity contribution in [3.63, 3.8) is 0 Å². The third kappa shape index (κ3) is 5.15. The minimum Gasteiger partial charge on any atom is -0.457 e. The van der Waals surface area contributed by atoms with E-state index in [1.54, 1.807) is 48.5 Å². The summed E-state index contributed by atoms with van der Waals surface area (Å²) in [6, 6.07) is 12.4. The highest BCUT2D eigenvalue weighted by Crippen LogP contribution is 2.23. The van der Waals surface area contributed by atoms with Gasteiger partial charge in [-0.05, 0) is 42.5 Å². The van der Waals surface area contributed by atoms with Gasteiger partial charge < -0.3 is 15.8 Å². The molecule has 0 bridgehead atoms. The largest absolute Gasteiger partial charge is 0.457 e. The molecule has 0 fully saturated rings. The van der Waals surface area contributed by atoms with E-state index in [-0.39, 0.29) is 19.0 Å². The Kier molecular flexibility index (Phi) is 6.00. The molecule has 0 aliphatic rings. The zero-order valence-corrected chi connectivity index (χ0v) is 13.4. The van der Waals surface area contributed by atoms with E-state index < -0.39 is 6.03 Å². The zero-order valence-electron chi connectivity index (χ0n) is 12.6. The second kappa shape index (κ2) is 8.19. The smallest absolute Gasteiger partial charge is 0.338 e. The summed E-state index contributed by atoms with van der Waals surface area (Å²) in [6.07, 6.45) is 0. The molecule has 0 saturated carbocycles. The molecule has 0 unspecified atom stereocenters. The van der Waals surface area contributed by atoms with E-state index in [1.807, 2.05) is 0 Å². The van der Waals surface area contributed by atoms with Crippen LogP contribution in [0.25, 0.3) is 0 Å². The first-order valence-corrected chi connectivity index (χ1v) is 7.41. The molecule has 0 heterocycles. The fraction of sp³-hybridized carbons (Fsp3) is 0.125. The summed E-state index contributed by atoms with van der Waals surface area (Å²) in [5.74, 6) is 0.717. The van der Waals surface area contributed by atoms with E-state index in [2.05, 4.69) is 5.32 Å². The van der Waals surface area contributed by atoms with Crippen molar-refractivity contribution in [1.82, 2.24) is 10.4 Å². The van der Waals surface area contributed by atoms with E-state index in [4.69, 9.17) is 27.3 Å². The molecular formula is C16H16ClN3O4. The summed E-state index contributed by atoms with van der Waals surface area (Å²) < 4.78 is 5.65. The average molecular weight is 350 g/mol. The molecule has 7 nitrogen and oxygen atoms in total. The fourth-order valence-electron chi connectivity index (χ4n) is 1.83. The Morgan fingerprint density at radius 3 is 2.54 bits per heavy atom. The molecule has 4 N–H and O–H groups in total. The predicted molar refractivity (Wildman–Crippen MR) is 88.4 cm³/mol. The van der Waals surface area contributed by atoms with E-state index in [0.717, 1.165) is 0 Å². The van der Waals surface area contributed by atoms with Gasteiger partial charge in [0.2, 0.25) is 0 Å². The molecule has 24 heavy (non-hydrogen) atoms. The fourth-order valence-corrected chi connectivity index (χ4v) is 1.95. The van der Waals surface area contributed by atoms with Crippen LogP contribution in [0.4, 0.5) is 4.79 Å². The van der Waals surface area contributed by atoms with Gasteiger partial charge in [0.1, 0.15) is 11.5 Å². The number of urea groups is 1. The van der Waals surface area contributed by atoms with Gasteiger partial charge in [0, 0.05) is 17.1 Å². The SMILES string of the molecule is NC(=O)N(O)CCNC(=O)c1cccc(Oc2ccc(Cl)cc2)c1. The molecule has 8 heteroatoms. The Hall–Kier alpha value is -2.77.